The van der Waals surface area contributed by atoms with Crippen LogP contribution in [0.3, 0.4) is 0 Å². The molecule has 0 saturated heterocycles. The zero-order valence-corrected chi connectivity index (χ0v) is 11.7. The molecular formula is C10H15InO2. The number of hydrogen-bond acceptors (Lipinski definition) is 2. The Morgan fingerprint density at radius 1 is 1.69 bits per heavy atom. The zero-order valence-electron chi connectivity index (χ0n) is 8.41. The average Bonchev–Trinajstić information content (AvgIpc) is 2.64. The van der Waals surface area contributed by atoms with Gasteiger partial charge in [-0.05, 0) is 0 Å². The fraction of sp³-hybridized carbons (Fsp3) is 0.500. The Morgan fingerprint density at radius 3 is 2.92 bits per heavy atom. The van der Waals surface area contributed by atoms with E-state index in [4.69, 9.17) is 0 Å². The first kappa shape index (κ1) is 10.9. The van der Waals surface area contributed by atoms with Crippen molar-refractivity contribution in [1.29, 1.82) is 0 Å². The van der Waals surface area contributed by atoms with Gasteiger partial charge in [0.05, 0.1) is 0 Å². The van der Waals surface area contributed by atoms with Gasteiger partial charge in [0.2, 0.25) is 0 Å². The number of carbonyl (C=O) groups excluding carboxylic acids is 1. The number of rotatable bonds is 3. The fourth-order valence-corrected chi connectivity index (χ4v) is 8.42. The number of ether oxygens (including phenoxy) is 1. The van der Waals surface area contributed by atoms with Gasteiger partial charge in [0.15, 0.2) is 0 Å². The minimum atomic E-state index is -1.64. The van der Waals surface area contributed by atoms with Crippen molar-refractivity contribution in [2.45, 2.75) is 23.9 Å². The molecule has 1 unspecified atom stereocenters. The maximum absolute atomic E-state index is 11.2. The Bertz CT molecular complexity index is 256. The quantitative estimate of drug-likeness (QED) is 0.740. The van der Waals surface area contributed by atoms with E-state index in [1.165, 1.54) is 13.5 Å². The van der Waals surface area contributed by atoms with Gasteiger partial charge in [-0.3, -0.25) is 0 Å². The normalized spacial score (nSPS) is 17.2. The number of hydrogen-bond donors (Lipinski definition) is 0. The van der Waals surface area contributed by atoms with Crippen molar-refractivity contribution in [1.82, 2.24) is 0 Å². The van der Waals surface area contributed by atoms with Gasteiger partial charge < -0.3 is 0 Å². The summed E-state index contributed by atoms with van der Waals surface area (Å²) in [7, 11) is 1.43. The van der Waals surface area contributed by atoms with Crippen LogP contribution in [0, 0.1) is 0 Å². The van der Waals surface area contributed by atoms with Crippen molar-refractivity contribution in [3.05, 3.63) is 19.3 Å². The van der Waals surface area contributed by atoms with E-state index < -0.39 is 21.4 Å². The van der Waals surface area contributed by atoms with Gasteiger partial charge in [-0.15, -0.1) is 0 Å². The molecule has 0 spiro atoms. The van der Waals surface area contributed by atoms with Gasteiger partial charge in [-0.1, -0.05) is 0 Å². The second-order valence-corrected chi connectivity index (χ2v) is 12.0. The molecule has 70 valence electrons. The summed E-state index contributed by atoms with van der Waals surface area (Å²) in [5.74, 6) is -0.182. The summed E-state index contributed by atoms with van der Waals surface area (Å²) in [6.07, 6.45) is 3.16. The van der Waals surface area contributed by atoms with Crippen molar-refractivity contribution >= 4 is 27.4 Å². The van der Waals surface area contributed by atoms with Crippen LogP contribution in [-0.4, -0.2) is 34.5 Å². The van der Waals surface area contributed by atoms with Crippen LogP contribution in [0.2, 0.25) is 3.67 Å². The predicted molar refractivity (Wildman–Crippen MR) is 54.7 cm³/mol. The Morgan fingerprint density at radius 2 is 2.38 bits per heavy atom. The summed E-state index contributed by atoms with van der Waals surface area (Å²) in [4.78, 5) is 11.2. The van der Waals surface area contributed by atoms with Crippen LogP contribution in [-0.2, 0) is 9.53 Å². The van der Waals surface area contributed by atoms with E-state index in [1.54, 1.807) is 0 Å². The van der Waals surface area contributed by atoms with Crippen LogP contribution in [0.4, 0.5) is 0 Å². The van der Waals surface area contributed by atoms with Crippen LogP contribution in [0.25, 0.3) is 0 Å². The number of esters is 1. The molecule has 13 heavy (non-hydrogen) atoms. The summed E-state index contributed by atoms with van der Waals surface area (Å²) in [6, 6.07) is 0. The number of carbonyl (C=O) groups is 1. The second-order valence-electron chi connectivity index (χ2n) is 3.44. The monoisotopic (exact) mass is 282 g/mol. The molecule has 0 aromatic heterocycles. The van der Waals surface area contributed by atoms with Crippen molar-refractivity contribution < 1.29 is 9.53 Å². The summed E-state index contributed by atoms with van der Waals surface area (Å²) < 4.78 is 9.95. The van der Waals surface area contributed by atoms with Crippen LogP contribution in [0.5, 0.6) is 0 Å². The van der Waals surface area contributed by atoms with E-state index in [0.29, 0.717) is 0 Å². The van der Waals surface area contributed by atoms with Crippen LogP contribution in [0.15, 0.2) is 19.3 Å². The molecule has 0 radical (unpaired) electrons. The SMILES string of the molecule is CC[CH](C)[In]1[CH]=CC(C(=O)OC)=[CH]1. The van der Waals surface area contributed by atoms with E-state index in [-0.39, 0.29) is 5.97 Å². The molecule has 1 aliphatic rings. The van der Waals surface area contributed by atoms with Crippen molar-refractivity contribution in [2.75, 3.05) is 7.11 Å². The molecule has 0 aromatic carbocycles. The maximum atomic E-state index is 11.2. The zero-order chi connectivity index (χ0) is 9.84. The van der Waals surface area contributed by atoms with Crippen molar-refractivity contribution in [3.8, 4) is 0 Å². The van der Waals surface area contributed by atoms with Gasteiger partial charge in [0.1, 0.15) is 0 Å². The van der Waals surface area contributed by atoms with E-state index in [9.17, 15) is 4.79 Å². The molecule has 0 aromatic rings. The van der Waals surface area contributed by atoms with Gasteiger partial charge in [0.25, 0.3) is 0 Å². The summed E-state index contributed by atoms with van der Waals surface area (Å²) in [5, 5.41) is 0. The van der Waals surface area contributed by atoms with E-state index in [0.717, 1.165) is 9.25 Å². The van der Waals surface area contributed by atoms with Crippen molar-refractivity contribution in [2.24, 2.45) is 0 Å². The first-order valence-corrected chi connectivity index (χ1v) is 10.4. The van der Waals surface area contributed by atoms with E-state index in [1.807, 2.05) is 6.08 Å². The molecule has 1 atom stereocenters. The molecule has 2 nitrogen and oxygen atoms in total. The van der Waals surface area contributed by atoms with Crippen LogP contribution >= 0.6 is 0 Å². The fourth-order valence-electron chi connectivity index (χ4n) is 1.41. The average molecular weight is 282 g/mol. The first-order chi connectivity index (χ1) is 6.19. The second kappa shape index (κ2) is 4.89. The molecule has 3 heteroatoms. The van der Waals surface area contributed by atoms with E-state index >= 15 is 0 Å². The summed E-state index contributed by atoms with van der Waals surface area (Å²) in [5.41, 5.74) is 0.781. The molecule has 1 aliphatic heterocycles. The first-order valence-electron chi connectivity index (χ1n) is 4.67. The Balaban J connectivity index is 2.65. The molecule has 0 saturated carbocycles. The van der Waals surface area contributed by atoms with Crippen molar-refractivity contribution in [3.63, 3.8) is 0 Å². The molecule has 1 rings (SSSR count). The molecular weight excluding hydrogens is 267 g/mol. The molecule has 0 aliphatic carbocycles. The molecule has 0 fully saturated rings. The number of methoxy groups -OCH3 is 1. The van der Waals surface area contributed by atoms with Crippen LogP contribution in [0.1, 0.15) is 20.3 Å². The topological polar surface area (TPSA) is 26.3 Å². The third-order valence-electron chi connectivity index (χ3n) is 2.59. The van der Waals surface area contributed by atoms with Gasteiger partial charge in [0, 0.05) is 0 Å². The Hall–Kier alpha value is -0.180. The molecule has 0 amide bonds. The predicted octanol–water partition coefficient (Wildman–Crippen LogP) is 2.03. The third-order valence-corrected chi connectivity index (χ3v) is 11.6. The molecule has 0 N–H and O–H groups in total. The molecule has 1 heterocycles. The molecule has 0 bridgehead atoms. The van der Waals surface area contributed by atoms with E-state index in [2.05, 4.69) is 26.2 Å². The Labute approximate surface area is 87.2 Å². The van der Waals surface area contributed by atoms with Gasteiger partial charge in [-0.2, -0.15) is 0 Å². The standard InChI is InChI=1S/C6H6O2.C4H9.In/c1-4-5(2)6(7)8-3;1-3-4-2;/h1-2,4H,3H3;3H,4H2,1-2H3;. The third kappa shape index (κ3) is 2.63. The van der Waals surface area contributed by atoms with Gasteiger partial charge in [-0.25, -0.2) is 0 Å². The minimum absolute atomic E-state index is 0.182. The van der Waals surface area contributed by atoms with Crippen LogP contribution < -0.4 is 0 Å². The summed E-state index contributed by atoms with van der Waals surface area (Å²) >= 11 is -1.64. The Kier molecular flexibility index (Phi) is 4.10. The van der Waals surface area contributed by atoms with Gasteiger partial charge >= 0.3 is 87.3 Å². The summed E-state index contributed by atoms with van der Waals surface area (Å²) in [6.45, 7) is 4.49.